The number of benzene rings is 1. The molecule has 1 atom stereocenters. The molecule has 1 aromatic rings. The summed E-state index contributed by atoms with van der Waals surface area (Å²) < 4.78 is 0. The van der Waals surface area contributed by atoms with Crippen LogP contribution in [0.4, 0.5) is 0 Å². The summed E-state index contributed by atoms with van der Waals surface area (Å²) in [6.07, 6.45) is 0. The van der Waals surface area contributed by atoms with Crippen molar-refractivity contribution < 1.29 is 9.90 Å². The number of aliphatic hydroxyl groups is 1. The molecule has 1 heterocycles. The second kappa shape index (κ2) is 8.64. The summed E-state index contributed by atoms with van der Waals surface area (Å²) in [4.78, 5) is 18.7. The Morgan fingerprint density at radius 2 is 1.78 bits per heavy atom. The number of aliphatic hydroxyl groups excluding tert-OH is 1. The van der Waals surface area contributed by atoms with Crippen LogP contribution in [0.5, 0.6) is 0 Å². The molecular weight excluding hydrogens is 314 g/mol. The Morgan fingerprint density at radius 3 is 2.35 bits per heavy atom. The van der Waals surface area contributed by atoms with Crippen LogP contribution in [0.15, 0.2) is 24.3 Å². The van der Waals surface area contributed by atoms with Gasteiger partial charge in [-0.05, 0) is 24.6 Å². The molecule has 6 heteroatoms. The van der Waals surface area contributed by atoms with Crippen molar-refractivity contribution in [1.29, 1.82) is 0 Å². The van der Waals surface area contributed by atoms with Crippen molar-refractivity contribution in [3.8, 4) is 0 Å². The predicted octanol–water partition coefficient (Wildman–Crippen LogP) is 1.47. The summed E-state index contributed by atoms with van der Waals surface area (Å²) >= 11 is 5.91. The van der Waals surface area contributed by atoms with Gasteiger partial charge in [0.15, 0.2) is 0 Å². The third-order valence-electron chi connectivity index (χ3n) is 4.57. The Morgan fingerprint density at radius 1 is 1.22 bits per heavy atom. The first-order valence-electron chi connectivity index (χ1n) is 8.08. The van der Waals surface area contributed by atoms with Gasteiger partial charge in [0.2, 0.25) is 5.91 Å². The van der Waals surface area contributed by atoms with E-state index in [2.05, 4.69) is 9.80 Å². The minimum atomic E-state index is 0.0236. The van der Waals surface area contributed by atoms with Crippen molar-refractivity contribution in [3.63, 3.8) is 0 Å². The van der Waals surface area contributed by atoms with Gasteiger partial charge in [0.1, 0.15) is 0 Å². The van der Waals surface area contributed by atoms with E-state index in [1.807, 2.05) is 38.2 Å². The summed E-state index contributed by atoms with van der Waals surface area (Å²) in [5.74, 6) is 0.128. The zero-order valence-corrected chi connectivity index (χ0v) is 14.7. The minimum absolute atomic E-state index is 0.0236. The lowest BCUT2D eigenvalue weighted by molar-refractivity contribution is -0.133. The lowest BCUT2D eigenvalue weighted by atomic mass is 10.1. The van der Waals surface area contributed by atoms with E-state index in [0.29, 0.717) is 11.6 Å². The number of likely N-dealkylation sites (N-methyl/N-ethyl adjacent to an activating group) is 1. The average molecular weight is 340 g/mol. The van der Waals surface area contributed by atoms with Gasteiger partial charge in [0.25, 0.3) is 0 Å². The number of rotatable bonds is 6. The molecule has 0 unspecified atom stereocenters. The van der Waals surface area contributed by atoms with E-state index in [-0.39, 0.29) is 18.6 Å². The molecule has 5 nitrogen and oxygen atoms in total. The van der Waals surface area contributed by atoms with Crippen molar-refractivity contribution in [2.45, 2.75) is 13.0 Å². The molecule has 1 aromatic carbocycles. The SMILES string of the molecule is C[C@@H](c1ccc(Cl)cc1)N(C)C(=O)CN1CCN(CCO)CC1. The van der Waals surface area contributed by atoms with Crippen LogP contribution in [0, 0.1) is 0 Å². The average Bonchev–Trinajstić information content (AvgIpc) is 2.56. The minimum Gasteiger partial charge on any atom is -0.395 e. The first-order chi connectivity index (χ1) is 11.0. The number of carbonyl (C=O) groups excluding carboxylic acids is 1. The number of nitrogens with zero attached hydrogens (tertiary/aromatic N) is 3. The molecule has 1 fully saturated rings. The lowest BCUT2D eigenvalue weighted by Crippen LogP contribution is -2.50. The van der Waals surface area contributed by atoms with Crippen LogP contribution in [0.2, 0.25) is 5.02 Å². The molecule has 0 saturated carbocycles. The molecule has 0 aliphatic carbocycles. The zero-order chi connectivity index (χ0) is 16.8. The van der Waals surface area contributed by atoms with Gasteiger partial charge in [0, 0.05) is 44.8 Å². The summed E-state index contributed by atoms with van der Waals surface area (Å²) in [5, 5.41) is 9.67. The van der Waals surface area contributed by atoms with Gasteiger partial charge in [-0.15, -0.1) is 0 Å². The molecule has 1 amide bonds. The fourth-order valence-corrected chi connectivity index (χ4v) is 2.92. The molecule has 1 aliphatic rings. The van der Waals surface area contributed by atoms with Crippen LogP contribution >= 0.6 is 11.6 Å². The van der Waals surface area contributed by atoms with Crippen LogP contribution in [0.25, 0.3) is 0 Å². The highest BCUT2D eigenvalue weighted by Crippen LogP contribution is 2.21. The largest absolute Gasteiger partial charge is 0.395 e. The van der Waals surface area contributed by atoms with Gasteiger partial charge in [-0.25, -0.2) is 0 Å². The number of amides is 1. The highest BCUT2D eigenvalue weighted by molar-refractivity contribution is 6.30. The van der Waals surface area contributed by atoms with Gasteiger partial charge in [-0.1, -0.05) is 23.7 Å². The van der Waals surface area contributed by atoms with Gasteiger partial charge in [-0.2, -0.15) is 0 Å². The fourth-order valence-electron chi connectivity index (χ4n) is 2.80. The van der Waals surface area contributed by atoms with Crippen LogP contribution in [0.3, 0.4) is 0 Å². The van der Waals surface area contributed by atoms with Crippen LogP contribution in [0.1, 0.15) is 18.5 Å². The second-order valence-electron chi connectivity index (χ2n) is 6.07. The number of carbonyl (C=O) groups is 1. The van der Waals surface area contributed by atoms with E-state index >= 15 is 0 Å². The molecule has 0 aromatic heterocycles. The number of halogens is 1. The molecule has 0 spiro atoms. The number of piperazine rings is 1. The fraction of sp³-hybridized carbons (Fsp3) is 0.588. The van der Waals surface area contributed by atoms with Gasteiger partial charge >= 0.3 is 0 Å². The van der Waals surface area contributed by atoms with Crippen LogP contribution < -0.4 is 0 Å². The van der Waals surface area contributed by atoms with E-state index in [9.17, 15) is 4.79 Å². The zero-order valence-electron chi connectivity index (χ0n) is 13.9. The summed E-state index contributed by atoms with van der Waals surface area (Å²) in [5.41, 5.74) is 1.08. The number of hydrogen-bond donors (Lipinski definition) is 1. The van der Waals surface area contributed by atoms with Crippen molar-refractivity contribution in [1.82, 2.24) is 14.7 Å². The maximum Gasteiger partial charge on any atom is 0.236 e. The van der Waals surface area contributed by atoms with Gasteiger partial charge < -0.3 is 10.0 Å². The van der Waals surface area contributed by atoms with Crippen LogP contribution in [-0.4, -0.2) is 78.6 Å². The third-order valence-corrected chi connectivity index (χ3v) is 4.82. The maximum absolute atomic E-state index is 12.5. The molecule has 0 bridgehead atoms. The molecule has 23 heavy (non-hydrogen) atoms. The van der Waals surface area contributed by atoms with Crippen molar-refractivity contribution in [2.75, 3.05) is 52.9 Å². The highest BCUT2D eigenvalue weighted by Gasteiger charge is 2.22. The molecule has 1 aliphatic heterocycles. The first-order valence-corrected chi connectivity index (χ1v) is 8.45. The molecule has 0 radical (unpaired) electrons. The van der Waals surface area contributed by atoms with E-state index in [1.165, 1.54) is 0 Å². The first kappa shape index (κ1) is 18.2. The third kappa shape index (κ3) is 5.18. The summed E-state index contributed by atoms with van der Waals surface area (Å²) in [7, 11) is 1.85. The van der Waals surface area contributed by atoms with Crippen molar-refractivity contribution in [3.05, 3.63) is 34.9 Å². The van der Waals surface area contributed by atoms with Crippen LogP contribution in [-0.2, 0) is 4.79 Å². The monoisotopic (exact) mass is 339 g/mol. The van der Waals surface area contributed by atoms with Crippen molar-refractivity contribution >= 4 is 17.5 Å². The lowest BCUT2D eigenvalue weighted by Gasteiger charge is -2.35. The van der Waals surface area contributed by atoms with E-state index in [1.54, 1.807) is 4.90 Å². The predicted molar refractivity (Wildman–Crippen MR) is 92.6 cm³/mol. The summed E-state index contributed by atoms with van der Waals surface area (Å²) in [6, 6.07) is 7.66. The van der Waals surface area contributed by atoms with E-state index < -0.39 is 0 Å². The van der Waals surface area contributed by atoms with Gasteiger partial charge in [-0.3, -0.25) is 14.6 Å². The molecule has 2 rings (SSSR count). The van der Waals surface area contributed by atoms with E-state index in [4.69, 9.17) is 16.7 Å². The molecule has 128 valence electrons. The highest BCUT2D eigenvalue weighted by atomic mass is 35.5. The molecule has 1 saturated heterocycles. The Bertz CT molecular complexity index is 501. The van der Waals surface area contributed by atoms with Crippen molar-refractivity contribution in [2.24, 2.45) is 0 Å². The topological polar surface area (TPSA) is 47.0 Å². The quantitative estimate of drug-likeness (QED) is 0.852. The summed E-state index contributed by atoms with van der Waals surface area (Å²) in [6.45, 7) is 6.94. The molecule has 1 N–H and O–H groups in total. The Balaban J connectivity index is 1.84. The van der Waals surface area contributed by atoms with Gasteiger partial charge in [0.05, 0.1) is 19.2 Å². The smallest absolute Gasteiger partial charge is 0.236 e. The molecular formula is C17H26ClN3O2. The standard InChI is InChI=1S/C17H26ClN3O2/c1-14(15-3-5-16(18)6-4-15)19(2)17(23)13-21-9-7-20(8-10-21)11-12-22/h3-6,14,22H,7-13H2,1-2H3/t14-/m0/s1. The number of β-amino-alcohol motifs (C(OH)–C–C–N with tert-alkyl or cyclic N) is 1. The Kier molecular flexibility index (Phi) is 6.84. The maximum atomic E-state index is 12.5. The Labute approximate surface area is 143 Å². The normalized spacial score (nSPS) is 17.9. The Hall–Kier alpha value is -1.14. The second-order valence-corrected chi connectivity index (χ2v) is 6.51. The van der Waals surface area contributed by atoms with E-state index in [0.717, 1.165) is 38.3 Å². The number of hydrogen-bond acceptors (Lipinski definition) is 4.